The summed E-state index contributed by atoms with van der Waals surface area (Å²) >= 11 is 0. The Morgan fingerprint density at radius 2 is 1.81 bits per heavy atom. The molecule has 1 fully saturated rings. The Kier molecular flexibility index (Phi) is 4.63. The average Bonchev–Trinajstić information content (AvgIpc) is 3.32. The SMILES string of the molecule is CN(Cc1ccc(CNC2CC2)cc1)Cc1ccccn1. The highest BCUT2D eigenvalue weighted by molar-refractivity contribution is 5.22. The first-order valence-electron chi connectivity index (χ1n) is 7.69. The fraction of sp³-hybridized carbons (Fsp3) is 0.389. The van der Waals surface area contributed by atoms with Gasteiger partial charge in [-0.25, -0.2) is 0 Å². The molecule has 0 radical (unpaired) electrons. The number of pyridine rings is 1. The minimum atomic E-state index is 0.772. The molecule has 0 aliphatic heterocycles. The van der Waals surface area contributed by atoms with Crippen LogP contribution in [0.4, 0.5) is 0 Å². The number of nitrogens with zero attached hydrogens (tertiary/aromatic N) is 2. The fourth-order valence-corrected chi connectivity index (χ4v) is 2.45. The lowest BCUT2D eigenvalue weighted by atomic mass is 10.1. The van der Waals surface area contributed by atoms with Crippen molar-refractivity contribution in [1.29, 1.82) is 0 Å². The summed E-state index contributed by atoms with van der Waals surface area (Å²) in [5.41, 5.74) is 3.84. The first-order valence-corrected chi connectivity index (χ1v) is 7.69. The zero-order valence-corrected chi connectivity index (χ0v) is 12.6. The van der Waals surface area contributed by atoms with Crippen LogP contribution in [-0.4, -0.2) is 23.0 Å². The lowest BCUT2D eigenvalue weighted by molar-refractivity contribution is 0.315. The van der Waals surface area contributed by atoms with E-state index >= 15 is 0 Å². The summed E-state index contributed by atoms with van der Waals surface area (Å²) in [6.07, 6.45) is 4.54. The predicted octanol–water partition coefficient (Wildman–Crippen LogP) is 2.97. The first-order chi connectivity index (χ1) is 10.3. The first kappa shape index (κ1) is 14.2. The van der Waals surface area contributed by atoms with E-state index in [2.05, 4.69) is 52.6 Å². The van der Waals surface area contributed by atoms with Gasteiger partial charge in [-0.1, -0.05) is 30.3 Å². The molecule has 1 aliphatic carbocycles. The largest absolute Gasteiger partial charge is 0.310 e. The van der Waals surface area contributed by atoms with Gasteiger partial charge in [-0.3, -0.25) is 9.88 Å². The van der Waals surface area contributed by atoms with E-state index in [1.54, 1.807) is 0 Å². The number of nitrogens with one attached hydrogen (secondary N) is 1. The maximum atomic E-state index is 4.37. The van der Waals surface area contributed by atoms with Crippen molar-refractivity contribution in [1.82, 2.24) is 15.2 Å². The standard InChI is InChI=1S/C18H23N3/c1-21(14-18-4-2-3-11-19-18)13-16-7-5-15(6-8-16)12-20-17-9-10-17/h2-8,11,17,20H,9-10,12-14H2,1H3. The van der Waals surface area contributed by atoms with E-state index < -0.39 is 0 Å². The normalized spacial score (nSPS) is 14.6. The Bertz CT molecular complexity index is 546. The van der Waals surface area contributed by atoms with Crippen LogP contribution in [0, 0.1) is 0 Å². The van der Waals surface area contributed by atoms with Crippen molar-refractivity contribution in [3.05, 3.63) is 65.5 Å². The average molecular weight is 281 g/mol. The summed E-state index contributed by atoms with van der Waals surface area (Å²) in [6, 6.07) is 15.8. The Morgan fingerprint density at radius 3 is 2.48 bits per heavy atom. The molecule has 21 heavy (non-hydrogen) atoms. The van der Waals surface area contributed by atoms with E-state index in [1.807, 2.05) is 18.3 Å². The van der Waals surface area contributed by atoms with Crippen molar-refractivity contribution in [2.75, 3.05) is 7.05 Å². The second kappa shape index (κ2) is 6.83. The van der Waals surface area contributed by atoms with Crippen LogP contribution in [0.5, 0.6) is 0 Å². The van der Waals surface area contributed by atoms with Crippen LogP contribution in [0.3, 0.4) is 0 Å². The van der Waals surface area contributed by atoms with E-state index in [-0.39, 0.29) is 0 Å². The molecule has 0 bridgehead atoms. The molecule has 3 heteroatoms. The molecule has 2 aromatic rings. The fourth-order valence-electron chi connectivity index (χ4n) is 2.45. The molecule has 0 unspecified atom stereocenters. The smallest absolute Gasteiger partial charge is 0.0543 e. The van der Waals surface area contributed by atoms with Crippen LogP contribution in [0.2, 0.25) is 0 Å². The third-order valence-electron chi connectivity index (χ3n) is 3.81. The lowest BCUT2D eigenvalue weighted by Crippen LogP contribution is -2.18. The molecule has 0 amide bonds. The Morgan fingerprint density at radius 1 is 1.05 bits per heavy atom. The van der Waals surface area contributed by atoms with Crippen LogP contribution in [-0.2, 0) is 19.6 Å². The number of hydrogen-bond acceptors (Lipinski definition) is 3. The molecule has 1 aromatic heterocycles. The van der Waals surface area contributed by atoms with Gasteiger partial charge in [0.1, 0.15) is 0 Å². The number of hydrogen-bond donors (Lipinski definition) is 1. The van der Waals surface area contributed by atoms with Gasteiger partial charge in [0.2, 0.25) is 0 Å². The van der Waals surface area contributed by atoms with Crippen LogP contribution in [0.1, 0.15) is 29.7 Å². The minimum Gasteiger partial charge on any atom is -0.310 e. The Hall–Kier alpha value is -1.71. The third-order valence-corrected chi connectivity index (χ3v) is 3.81. The van der Waals surface area contributed by atoms with Gasteiger partial charge in [0.15, 0.2) is 0 Å². The highest BCUT2D eigenvalue weighted by Gasteiger charge is 2.19. The van der Waals surface area contributed by atoms with Crippen LogP contribution in [0.25, 0.3) is 0 Å². The summed E-state index contributed by atoms with van der Waals surface area (Å²) in [5.74, 6) is 0. The zero-order valence-electron chi connectivity index (χ0n) is 12.6. The molecule has 3 rings (SSSR count). The van der Waals surface area contributed by atoms with Crippen molar-refractivity contribution in [3.63, 3.8) is 0 Å². The van der Waals surface area contributed by atoms with Gasteiger partial charge in [-0.05, 0) is 43.1 Å². The van der Waals surface area contributed by atoms with Gasteiger partial charge in [-0.2, -0.15) is 0 Å². The van der Waals surface area contributed by atoms with Crippen molar-refractivity contribution >= 4 is 0 Å². The van der Waals surface area contributed by atoms with E-state index in [1.165, 1.54) is 24.0 Å². The highest BCUT2D eigenvalue weighted by Crippen LogP contribution is 2.19. The van der Waals surface area contributed by atoms with Gasteiger partial charge in [-0.15, -0.1) is 0 Å². The molecular weight excluding hydrogens is 258 g/mol. The van der Waals surface area contributed by atoms with Crippen molar-refractivity contribution in [2.45, 2.75) is 38.5 Å². The van der Waals surface area contributed by atoms with Gasteiger partial charge < -0.3 is 5.32 Å². The van der Waals surface area contributed by atoms with Crippen LogP contribution in [0.15, 0.2) is 48.7 Å². The molecule has 0 spiro atoms. The molecule has 3 nitrogen and oxygen atoms in total. The zero-order chi connectivity index (χ0) is 14.5. The highest BCUT2D eigenvalue weighted by atomic mass is 15.1. The summed E-state index contributed by atoms with van der Waals surface area (Å²) in [5, 5.41) is 3.55. The summed E-state index contributed by atoms with van der Waals surface area (Å²) in [7, 11) is 2.14. The number of benzene rings is 1. The number of rotatable bonds is 7. The van der Waals surface area contributed by atoms with Crippen LogP contribution >= 0.6 is 0 Å². The Labute approximate surface area is 127 Å². The summed E-state index contributed by atoms with van der Waals surface area (Å²) in [6.45, 7) is 2.83. The maximum absolute atomic E-state index is 4.37. The van der Waals surface area contributed by atoms with Crippen molar-refractivity contribution < 1.29 is 0 Å². The Balaban J connectivity index is 1.49. The second-order valence-electron chi connectivity index (χ2n) is 5.97. The molecule has 1 saturated carbocycles. The molecule has 1 aliphatic rings. The lowest BCUT2D eigenvalue weighted by Gasteiger charge is -2.16. The van der Waals surface area contributed by atoms with E-state index in [4.69, 9.17) is 0 Å². The van der Waals surface area contributed by atoms with Gasteiger partial charge >= 0.3 is 0 Å². The maximum Gasteiger partial charge on any atom is 0.0543 e. The van der Waals surface area contributed by atoms with Gasteiger partial charge in [0.25, 0.3) is 0 Å². The van der Waals surface area contributed by atoms with Gasteiger partial charge in [0, 0.05) is 31.9 Å². The molecule has 1 N–H and O–H groups in total. The summed E-state index contributed by atoms with van der Waals surface area (Å²) in [4.78, 5) is 6.66. The molecule has 0 atom stereocenters. The number of aromatic nitrogens is 1. The van der Waals surface area contributed by atoms with Gasteiger partial charge in [0.05, 0.1) is 5.69 Å². The van der Waals surface area contributed by atoms with Crippen molar-refractivity contribution in [2.24, 2.45) is 0 Å². The molecule has 1 heterocycles. The second-order valence-corrected chi connectivity index (χ2v) is 5.97. The van der Waals surface area contributed by atoms with E-state index in [9.17, 15) is 0 Å². The molecule has 1 aromatic carbocycles. The van der Waals surface area contributed by atoms with Crippen LogP contribution < -0.4 is 5.32 Å². The third kappa shape index (κ3) is 4.66. The summed E-state index contributed by atoms with van der Waals surface area (Å²) < 4.78 is 0. The predicted molar refractivity (Wildman–Crippen MR) is 85.7 cm³/mol. The topological polar surface area (TPSA) is 28.2 Å². The van der Waals surface area contributed by atoms with E-state index in [0.29, 0.717) is 0 Å². The molecule has 0 saturated heterocycles. The minimum absolute atomic E-state index is 0.772. The monoisotopic (exact) mass is 281 g/mol. The van der Waals surface area contributed by atoms with E-state index in [0.717, 1.165) is 31.4 Å². The van der Waals surface area contributed by atoms with Crippen molar-refractivity contribution in [3.8, 4) is 0 Å². The molecule has 110 valence electrons. The quantitative estimate of drug-likeness (QED) is 0.845. The molecular formula is C18H23N3.